The van der Waals surface area contributed by atoms with Crippen molar-refractivity contribution in [3.63, 3.8) is 0 Å². The Morgan fingerprint density at radius 1 is 1.39 bits per heavy atom. The Bertz CT molecular complexity index is 312. The highest BCUT2D eigenvalue weighted by Gasteiger charge is 2.47. The number of amides is 1. The summed E-state index contributed by atoms with van der Waals surface area (Å²) in [6.45, 7) is 7.00. The lowest BCUT2D eigenvalue weighted by Gasteiger charge is -2.36. The molecule has 0 aromatic heterocycles. The molecule has 0 radical (unpaired) electrons. The molecule has 1 aliphatic carbocycles. The van der Waals surface area contributed by atoms with Crippen LogP contribution in [0.25, 0.3) is 0 Å². The molecule has 2 aliphatic rings. The zero-order chi connectivity index (χ0) is 13.3. The molecule has 4 heteroatoms. The minimum atomic E-state index is -0.643. The van der Waals surface area contributed by atoms with E-state index in [1.807, 2.05) is 6.92 Å². The van der Waals surface area contributed by atoms with Crippen molar-refractivity contribution in [2.75, 3.05) is 26.7 Å². The van der Waals surface area contributed by atoms with Gasteiger partial charge in [-0.15, -0.1) is 0 Å². The highest BCUT2D eigenvalue weighted by Crippen LogP contribution is 2.39. The van der Waals surface area contributed by atoms with E-state index in [4.69, 9.17) is 5.73 Å². The average Bonchev–Trinajstić information content (AvgIpc) is 3.14. The molecule has 2 N–H and O–H groups in total. The molecule has 0 bridgehead atoms. The van der Waals surface area contributed by atoms with Crippen molar-refractivity contribution < 1.29 is 4.79 Å². The van der Waals surface area contributed by atoms with E-state index in [0.29, 0.717) is 12.0 Å². The van der Waals surface area contributed by atoms with E-state index < -0.39 is 5.54 Å². The largest absolute Gasteiger partial charge is 0.337 e. The summed E-state index contributed by atoms with van der Waals surface area (Å²) in [5.74, 6) is 0.579. The zero-order valence-corrected chi connectivity index (χ0v) is 12.0. The molecule has 2 rings (SSSR count). The molecule has 1 saturated carbocycles. The predicted octanol–water partition coefficient (Wildman–Crippen LogP) is 1.06. The van der Waals surface area contributed by atoms with Gasteiger partial charge in [0.15, 0.2) is 0 Å². The third-order valence-electron chi connectivity index (χ3n) is 4.52. The topological polar surface area (TPSA) is 49.6 Å². The monoisotopic (exact) mass is 253 g/mol. The molecule has 1 aliphatic heterocycles. The fourth-order valence-corrected chi connectivity index (χ4v) is 3.03. The van der Waals surface area contributed by atoms with Crippen LogP contribution in [0.2, 0.25) is 0 Å². The summed E-state index contributed by atoms with van der Waals surface area (Å²) >= 11 is 0. The summed E-state index contributed by atoms with van der Waals surface area (Å²) < 4.78 is 0. The van der Waals surface area contributed by atoms with Crippen molar-refractivity contribution >= 4 is 5.91 Å². The highest BCUT2D eigenvalue weighted by atomic mass is 16.2. The van der Waals surface area contributed by atoms with E-state index in [0.717, 1.165) is 45.3 Å². The van der Waals surface area contributed by atoms with Crippen LogP contribution >= 0.6 is 0 Å². The maximum absolute atomic E-state index is 12.7. The van der Waals surface area contributed by atoms with Gasteiger partial charge in [-0.05, 0) is 52.1 Å². The first kappa shape index (κ1) is 13.8. The van der Waals surface area contributed by atoms with Gasteiger partial charge in [0.05, 0.1) is 5.54 Å². The Hall–Kier alpha value is -0.610. The van der Waals surface area contributed by atoms with Crippen LogP contribution in [0.1, 0.15) is 39.5 Å². The Kier molecular flexibility index (Phi) is 3.97. The van der Waals surface area contributed by atoms with Gasteiger partial charge in [-0.2, -0.15) is 0 Å². The van der Waals surface area contributed by atoms with Gasteiger partial charge < -0.3 is 15.5 Å². The molecule has 1 heterocycles. The summed E-state index contributed by atoms with van der Waals surface area (Å²) in [5.41, 5.74) is 5.65. The molecule has 18 heavy (non-hydrogen) atoms. The van der Waals surface area contributed by atoms with Gasteiger partial charge in [-0.1, -0.05) is 6.92 Å². The van der Waals surface area contributed by atoms with Crippen LogP contribution in [0.3, 0.4) is 0 Å². The van der Waals surface area contributed by atoms with Gasteiger partial charge in [0.1, 0.15) is 0 Å². The molecular weight excluding hydrogens is 226 g/mol. The van der Waals surface area contributed by atoms with Gasteiger partial charge in [0.25, 0.3) is 0 Å². The zero-order valence-electron chi connectivity index (χ0n) is 12.0. The molecule has 0 aromatic rings. The number of carbonyl (C=O) groups is 1. The summed E-state index contributed by atoms with van der Waals surface area (Å²) in [7, 11) is 2.14. The Labute approximate surface area is 110 Å². The van der Waals surface area contributed by atoms with Crippen LogP contribution in [0.4, 0.5) is 0 Å². The van der Waals surface area contributed by atoms with Crippen molar-refractivity contribution in [2.24, 2.45) is 11.7 Å². The predicted molar refractivity (Wildman–Crippen MR) is 73.2 cm³/mol. The van der Waals surface area contributed by atoms with Crippen molar-refractivity contribution in [1.29, 1.82) is 0 Å². The number of nitrogens with two attached hydrogens (primary N) is 1. The van der Waals surface area contributed by atoms with Crippen molar-refractivity contribution in [3.05, 3.63) is 0 Å². The Morgan fingerprint density at radius 3 is 2.61 bits per heavy atom. The normalized spacial score (nSPS) is 29.8. The number of hydrogen-bond acceptors (Lipinski definition) is 3. The Balaban J connectivity index is 2.11. The van der Waals surface area contributed by atoms with Crippen molar-refractivity contribution in [1.82, 2.24) is 9.80 Å². The number of rotatable bonds is 3. The second-order valence-corrected chi connectivity index (χ2v) is 6.23. The van der Waals surface area contributed by atoms with Gasteiger partial charge in [-0.3, -0.25) is 4.79 Å². The van der Waals surface area contributed by atoms with Crippen LogP contribution in [0.15, 0.2) is 0 Å². The van der Waals surface area contributed by atoms with E-state index in [9.17, 15) is 4.79 Å². The quantitative estimate of drug-likeness (QED) is 0.818. The summed E-state index contributed by atoms with van der Waals surface area (Å²) in [4.78, 5) is 17.1. The highest BCUT2D eigenvalue weighted by molar-refractivity contribution is 5.86. The third kappa shape index (κ3) is 2.69. The van der Waals surface area contributed by atoms with E-state index >= 15 is 0 Å². The molecule has 2 atom stereocenters. The minimum Gasteiger partial charge on any atom is -0.337 e. The standard InChI is InChI=1S/C14H27N3O/c1-4-12-10-16(3)8-5-9-17(12)13(18)14(2,15)11-6-7-11/h11-12H,4-10,15H2,1-3H3. The smallest absolute Gasteiger partial charge is 0.242 e. The molecular formula is C14H27N3O. The van der Waals surface area contributed by atoms with Crippen LogP contribution in [-0.4, -0.2) is 54.0 Å². The molecule has 1 saturated heterocycles. The van der Waals surface area contributed by atoms with E-state index in [2.05, 4.69) is 23.8 Å². The van der Waals surface area contributed by atoms with E-state index in [1.54, 1.807) is 0 Å². The molecule has 2 unspecified atom stereocenters. The van der Waals surface area contributed by atoms with Crippen LogP contribution in [0.5, 0.6) is 0 Å². The minimum absolute atomic E-state index is 0.173. The number of likely N-dealkylation sites (N-methyl/N-ethyl adjacent to an activating group) is 1. The number of nitrogens with zero attached hydrogens (tertiary/aromatic N) is 2. The average molecular weight is 253 g/mol. The molecule has 0 spiro atoms. The fourth-order valence-electron chi connectivity index (χ4n) is 3.03. The van der Waals surface area contributed by atoms with E-state index in [1.165, 1.54) is 0 Å². The van der Waals surface area contributed by atoms with Gasteiger partial charge in [-0.25, -0.2) is 0 Å². The fraction of sp³-hybridized carbons (Fsp3) is 0.929. The second-order valence-electron chi connectivity index (χ2n) is 6.23. The lowest BCUT2D eigenvalue weighted by atomic mass is 9.94. The summed E-state index contributed by atoms with van der Waals surface area (Å²) in [6.07, 6.45) is 4.29. The van der Waals surface area contributed by atoms with Gasteiger partial charge >= 0.3 is 0 Å². The maximum Gasteiger partial charge on any atom is 0.242 e. The van der Waals surface area contributed by atoms with Crippen LogP contribution < -0.4 is 5.73 Å². The van der Waals surface area contributed by atoms with Crippen molar-refractivity contribution in [3.8, 4) is 0 Å². The molecule has 0 aromatic carbocycles. The summed E-state index contributed by atoms with van der Waals surface area (Å²) in [6, 6.07) is 0.326. The lowest BCUT2D eigenvalue weighted by Crippen LogP contribution is -2.58. The molecule has 1 amide bonds. The number of carbonyl (C=O) groups excluding carboxylic acids is 1. The molecule has 104 valence electrons. The van der Waals surface area contributed by atoms with Gasteiger partial charge in [0.2, 0.25) is 5.91 Å². The number of hydrogen-bond donors (Lipinski definition) is 1. The molecule has 2 fully saturated rings. The molecule has 4 nitrogen and oxygen atoms in total. The first-order valence-corrected chi connectivity index (χ1v) is 7.25. The van der Waals surface area contributed by atoms with Crippen LogP contribution in [0, 0.1) is 5.92 Å². The lowest BCUT2D eigenvalue weighted by molar-refractivity contribution is -0.139. The first-order chi connectivity index (χ1) is 8.46. The van der Waals surface area contributed by atoms with E-state index in [-0.39, 0.29) is 5.91 Å². The van der Waals surface area contributed by atoms with Crippen molar-refractivity contribution in [2.45, 2.75) is 51.1 Å². The Morgan fingerprint density at radius 2 is 2.06 bits per heavy atom. The summed E-state index contributed by atoms with van der Waals surface area (Å²) in [5, 5.41) is 0. The maximum atomic E-state index is 12.7. The van der Waals surface area contributed by atoms with Crippen LogP contribution in [-0.2, 0) is 4.79 Å². The third-order valence-corrected chi connectivity index (χ3v) is 4.52. The second kappa shape index (κ2) is 5.17. The first-order valence-electron chi connectivity index (χ1n) is 7.25. The SMILES string of the molecule is CCC1CN(C)CCCN1C(=O)C(C)(N)C1CC1. The van der Waals surface area contributed by atoms with Gasteiger partial charge in [0, 0.05) is 19.1 Å².